The Morgan fingerprint density at radius 2 is 1.58 bits per heavy atom. The zero-order valence-corrected chi connectivity index (χ0v) is 49.7. The number of rotatable bonds is 0. The number of fused-ring (bicyclic) bond motifs is 9. The number of aromatic nitrogens is 4. The second kappa shape index (κ2) is 17.3. The molecule has 10 bridgehead atoms. The predicted octanol–water partition coefficient (Wildman–Crippen LogP) is 9.24. The molecular weight excluding hydrogens is 1110 g/mol. The minimum Gasteiger partial charge on any atom is -0.507 e. The molecule has 16 nitrogen and oxygen atoms in total. The minimum absolute atomic E-state index is 0.0107. The van der Waals surface area contributed by atoms with Crippen LogP contribution in [0.25, 0.3) is 16.3 Å². The Balaban J connectivity index is 0.949. The standard InChI is InChI=1S/C72H75N5O11/c1-35-24-41-50(46(79)25-35)57(82)52-47-26-40-39(51(52)56(41)81)14-23-73-63(40)74-31-49(80)69-33-67(17-4-5-18-67)44-11-7-9-36-8-6-10-37-28-66(19-12-38(78)13-20-66)59-60(76-34-75-59)71(36,37)48-27-42(53(44)69)55(77-48)43-29-70(87-47)61(84)58(83)62(85)72(88-70)54(43)45(69)30-68(64(72)86)22-21-65(32-68)15-2-3-16-65/h14,23-27,29,34,36-37,44,49,53,58,61-62,64,77,79-80,83-86H,2-6,8-10,12-13,15-22,28,30-33H2,1H3,(H,73,74)(H,75,76). The molecular formula is C72H75N5O11. The highest BCUT2D eigenvalue weighted by Gasteiger charge is 2.78. The van der Waals surface area contributed by atoms with Gasteiger partial charge in [-0.1, -0.05) is 43.6 Å². The Hall–Kier alpha value is -6.45. The van der Waals surface area contributed by atoms with Crippen molar-refractivity contribution in [3.8, 4) is 23.3 Å². The number of pyridine rings is 1. The maximum absolute atomic E-state index is 15.6. The van der Waals surface area contributed by atoms with Crippen molar-refractivity contribution in [2.75, 3.05) is 11.9 Å². The van der Waals surface area contributed by atoms with Crippen LogP contribution in [0.1, 0.15) is 213 Å². The van der Waals surface area contributed by atoms with Crippen LogP contribution in [-0.4, -0.2) is 116 Å². The Morgan fingerprint density at radius 1 is 0.784 bits per heavy atom. The van der Waals surface area contributed by atoms with Crippen LogP contribution >= 0.6 is 0 Å². The maximum Gasteiger partial charge on any atom is 0.261 e. The lowest BCUT2D eigenvalue weighted by molar-refractivity contribution is -0.366. The number of hydrogen-bond donors (Lipinski definition) is 9. The summed E-state index contributed by atoms with van der Waals surface area (Å²) in [6, 6.07) is 8.68. The highest BCUT2D eigenvalue weighted by Crippen LogP contribution is 2.78. The molecule has 7 heterocycles. The molecule has 88 heavy (non-hydrogen) atoms. The number of Topliss-reactive ketones (excluding diaryl/α,β-unsaturated/α-hetero) is 1. The van der Waals surface area contributed by atoms with Crippen molar-refractivity contribution >= 4 is 39.5 Å². The number of aromatic hydroxyl groups is 1. The maximum atomic E-state index is 15.6. The van der Waals surface area contributed by atoms with Gasteiger partial charge in [0.1, 0.15) is 35.3 Å². The van der Waals surface area contributed by atoms with Crippen LogP contribution < -0.4 is 10.1 Å². The number of hydrogen-bond acceptors (Lipinski definition) is 14. The van der Waals surface area contributed by atoms with Crippen molar-refractivity contribution in [1.82, 2.24) is 19.9 Å². The highest BCUT2D eigenvalue weighted by atomic mass is 16.7. The predicted molar refractivity (Wildman–Crippen MR) is 321 cm³/mol. The first-order valence-electron chi connectivity index (χ1n) is 33.1. The van der Waals surface area contributed by atoms with E-state index in [2.05, 4.69) is 33.2 Å². The number of phenolic OH excluding ortho intramolecular Hbond substituents is 1. The number of carbonyl (C=O) groups is 3. The number of nitrogens with one attached hydrogen (secondary N) is 3. The fourth-order valence-electron chi connectivity index (χ4n) is 23.6. The van der Waals surface area contributed by atoms with Gasteiger partial charge in [0.2, 0.25) is 5.78 Å². The number of phenols is 1. The van der Waals surface area contributed by atoms with Gasteiger partial charge in [-0.25, -0.2) is 9.97 Å². The first kappa shape index (κ1) is 53.4. The van der Waals surface area contributed by atoms with Gasteiger partial charge >= 0.3 is 0 Å². The number of anilines is 1. The number of aromatic amines is 2. The minimum atomic E-state index is -2.51. The molecule has 5 aromatic rings. The van der Waals surface area contributed by atoms with Gasteiger partial charge in [0.05, 0.1) is 46.5 Å². The van der Waals surface area contributed by atoms with Gasteiger partial charge in [0.25, 0.3) is 5.79 Å². The summed E-state index contributed by atoms with van der Waals surface area (Å²) in [5.74, 6) is 3.79. The van der Waals surface area contributed by atoms with Gasteiger partial charge in [-0.05, 0) is 178 Å². The number of carbonyl (C=O) groups excluding carboxylic acids is 3. The van der Waals surface area contributed by atoms with Crippen LogP contribution in [0.5, 0.6) is 11.5 Å². The summed E-state index contributed by atoms with van der Waals surface area (Å²) in [4.78, 5) is 62.4. The SMILES string of the molecule is Cc1cc(O)c2c(c1)C(=O)c1c(c3cc4c(nccc14)NCC(O)C14CC5(CCCC5)C5C#CCC6CCCC7CC8(CCC(=O)CC8)c8nc[nH]c8C67c6cc(c([nH]6)C6=CC7(O3)OC3(C6=C1CC1(CCC6(CCCC6)C1)C3O)C(O)C(O)C7O)C54)C2=O. The van der Waals surface area contributed by atoms with E-state index in [1.165, 1.54) is 6.07 Å². The Bertz CT molecular complexity index is 4160. The fraction of sp³-hybridized carbons (Fsp3) is 0.569. The van der Waals surface area contributed by atoms with Crippen molar-refractivity contribution < 1.29 is 54.5 Å². The Morgan fingerprint density at radius 3 is 2.40 bits per heavy atom. The molecule has 15 aliphatic rings. The third-order valence-corrected chi connectivity index (χ3v) is 26.9. The summed E-state index contributed by atoms with van der Waals surface area (Å²) in [5, 5.41) is 85.2. The molecule has 4 aliphatic heterocycles. The van der Waals surface area contributed by atoms with Crippen LogP contribution in [0.4, 0.5) is 5.82 Å². The summed E-state index contributed by atoms with van der Waals surface area (Å²) in [5.41, 5.74) is 0.885. The van der Waals surface area contributed by atoms with Crippen molar-refractivity contribution in [2.24, 2.45) is 39.4 Å². The third-order valence-electron chi connectivity index (χ3n) is 26.9. The number of ether oxygens (including phenoxy) is 2. The molecule has 9 N–H and O–H groups in total. The molecule has 11 aliphatic carbocycles. The molecule has 14 unspecified atom stereocenters. The van der Waals surface area contributed by atoms with Crippen LogP contribution in [0.15, 0.2) is 60.1 Å². The van der Waals surface area contributed by atoms with E-state index in [1.54, 1.807) is 37.4 Å². The lowest BCUT2D eigenvalue weighted by Gasteiger charge is -2.64. The number of benzene rings is 2. The van der Waals surface area contributed by atoms with E-state index < -0.39 is 75.6 Å². The summed E-state index contributed by atoms with van der Waals surface area (Å²) in [6.07, 6.45) is 14.1. The van der Waals surface area contributed by atoms with Crippen molar-refractivity contribution in [1.29, 1.82) is 0 Å². The topological polar surface area (TPSA) is 260 Å². The number of ketones is 3. The van der Waals surface area contributed by atoms with Gasteiger partial charge < -0.3 is 55.4 Å². The number of aliphatic hydroxyl groups excluding tert-OH is 5. The number of imidazole rings is 1. The first-order valence-corrected chi connectivity index (χ1v) is 33.1. The molecule has 1 saturated heterocycles. The molecule has 8 spiro atoms. The average molecular weight is 1190 g/mol. The van der Waals surface area contributed by atoms with Gasteiger partial charge in [0, 0.05) is 93.6 Å². The molecule has 3 aromatic heterocycles. The summed E-state index contributed by atoms with van der Waals surface area (Å²) < 4.78 is 15.2. The largest absolute Gasteiger partial charge is 0.507 e. The smallest absolute Gasteiger partial charge is 0.261 e. The van der Waals surface area contributed by atoms with E-state index >= 15 is 9.59 Å². The van der Waals surface area contributed by atoms with E-state index in [0.29, 0.717) is 89.7 Å². The van der Waals surface area contributed by atoms with Crippen LogP contribution in [0.3, 0.4) is 0 Å². The molecule has 20 rings (SSSR count). The summed E-state index contributed by atoms with van der Waals surface area (Å²) in [7, 11) is 0. The monoisotopic (exact) mass is 1190 g/mol. The number of aryl methyl sites for hydroxylation is 1. The molecule has 0 radical (unpaired) electrons. The average Bonchev–Trinajstić information content (AvgIpc) is 1.36. The molecule has 0 amide bonds. The van der Waals surface area contributed by atoms with Gasteiger partial charge in [0.15, 0.2) is 17.5 Å². The fourth-order valence-corrected chi connectivity index (χ4v) is 23.6. The van der Waals surface area contributed by atoms with Gasteiger partial charge in [-0.3, -0.25) is 14.4 Å². The molecule has 7 fully saturated rings. The first-order chi connectivity index (χ1) is 42.5. The number of aliphatic hydroxyl groups is 5. The van der Waals surface area contributed by atoms with Gasteiger partial charge in [-0.15, -0.1) is 5.92 Å². The van der Waals surface area contributed by atoms with E-state index in [9.17, 15) is 35.4 Å². The summed E-state index contributed by atoms with van der Waals surface area (Å²) in [6.45, 7) is 1.70. The van der Waals surface area contributed by atoms with Crippen molar-refractivity contribution in [3.05, 3.63) is 116 Å². The van der Waals surface area contributed by atoms with Crippen molar-refractivity contribution in [3.63, 3.8) is 0 Å². The quantitative estimate of drug-likeness (QED) is 0.0643. The number of nitrogens with zero attached hydrogens (tertiary/aromatic N) is 2. The van der Waals surface area contributed by atoms with E-state index in [4.69, 9.17) is 19.4 Å². The Labute approximate surface area is 509 Å². The number of H-pyrrole nitrogens is 2. The van der Waals surface area contributed by atoms with Gasteiger partial charge in [-0.2, -0.15) is 0 Å². The highest BCUT2D eigenvalue weighted by molar-refractivity contribution is 6.34. The molecule has 16 heteroatoms. The third kappa shape index (κ3) is 6.19. The van der Waals surface area contributed by atoms with E-state index in [0.717, 1.165) is 125 Å². The lowest BCUT2D eigenvalue weighted by atomic mass is 9.47. The molecule has 6 saturated carbocycles. The zero-order chi connectivity index (χ0) is 59.6. The zero-order valence-electron chi connectivity index (χ0n) is 49.7. The second-order valence-corrected chi connectivity index (χ2v) is 30.6. The van der Waals surface area contributed by atoms with Crippen LogP contribution in [0, 0.1) is 58.2 Å². The molecule has 454 valence electrons. The normalized spacial score (nSPS) is 39.3. The van der Waals surface area contributed by atoms with E-state index in [-0.39, 0.29) is 74.3 Å². The van der Waals surface area contributed by atoms with E-state index in [1.807, 2.05) is 6.33 Å². The molecule has 2 aromatic carbocycles. The lowest BCUT2D eigenvalue weighted by Crippen LogP contribution is -2.79. The Kier molecular flexibility index (Phi) is 10.5. The van der Waals surface area contributed by atoms with Crippen LogP contribution in [0.2, 0.25) is 0 Å². The summed E-state index contributed by atoms with van der Waals surface area (Å²) >= 11 is 0. The molecule has 14 atom stereocenters. The van der Waals surface area contributed by atoms with Crippen LogP contribution in [-0.2, 0) is 20.4 Å². The second-order valence-electron chi connectivity index (χ2n) is 30.6. The van der Waals surface area contributed by atoms with Crippen molar-refractivity contribution in [2.45, 2.75) is 207 Å².